The molecule has 0 N–H and O–H groups in total. The molecule has 1 unspecified atom stereocenters. The third-order valence-corrected chi connectivity index (χ3v) is 5.22. The molecule has 0 saturated carbocycles. The molecule has 1 aromatic heterocycles. The van der Waals surface area contributed by atoms with Crippen LogP contribution in [0.5, 0.6) is 0 Å². The van der Waals surface area contributed by atoms with Gasteiger partial charge in [0.15, 0.2) is 0 Å². The molecule has 0 bridgehead atoms. The summed E-state index contributed by atoms with van der Waals surface area (Å²) in [5.74, 6) is 0.160. The van der Waals surface area contributed by atoms with Gasteiger partial charge in [-0.25, -0.2) is 0 Å². The summed E-state index contributed by atoms with van der Waals surface area (Å²) in [6.45, 7) is 5.62. The quantitative estimate of drug-likeness (QED) is 0.809. The molecule has 1 aromatic rings. The molecule has 1 amide bonds. The van der Waals surface area contributed by atoms with Crippen molar-refractivity contribution in [2.24, 2.45) is 0 Å². The van der Waals surface area contributed by atoms with Crippen molar-refractivity contribution in [2.45, 2.75) is 32.7 Å². The van der Waals surface area contributed by atoms with Gasteiger partial charge in [-0.05, 0) is 58.5 Å². The van der Waals surface area contributed by atoms with Gasteiger partial charge in [0.2, 0.25) is 5.91 Å². The number of nitrogens with zero attached hydrogens (tertiary/aromatic N) is 3. The van der Waals surface area contributed by atoms with Crippen LogP contribution in [0, 0.1) is 6.92 Å². The second-order valence-corrected chi connectivity index (χ2v) is 5.89. The van der Waals surface area contributed by atoms with E-state index in [0.717, 1.165) is 40.7 Å². The molecule has 1 aliphatic rings. The van der Waals surface area contributed by atoms with E-state index >= 15 is 0 Å². The van der Waals surface area contributed by atoms with Gasteiger partial charge in [0.05, 0.1) is 10.2 Å². The maximum atomic E-state index is 12.3. The van der Waals surface area contributed by atoms with Crippen molar-refractivity contribution >= 4 is 37.8 Å². The van der Waals surface area contributed by atoms with Crippen molar-refractivity contribution in [3.63, 3.8) is 0 Å². The van der Waals surface area contributed by atoms with E-state index in [-0.39, 0.29) is 11.9 Å². The Kier molecular flexibility index (Phi) is 3.92. The number of carbonyl (C=O) groups is 1. The lowest BCUT2D eigenvalue weighted by Gasteiger charge is -2.21. The topological polar surface area (TPSA) is 38.1 Å². The molecule has 1 fully saturated rings. The molecule has 0 spiro atoms. The normalized spacial score (nSPS) is 17.5. The minimum absolute atomic E-state index is 0.160. The smallest absolute Gasteiger partial charge is 0.247 e. The summed E-state index contributed by atoms with van der Waals surface area (Å²) in [5, 5.41) is 4.34. The van der Waals surface area contributed by atoms with Crippen molar-refractivity contribution in [1.82, 2.24) is 14.7 Å². The van der Waals surface area contributed by atoms with Crippen LogP contribution in [0.3, 0.4) is 0 Å². The third-order valence-electron chi connectivity index (χ3n) is 3.18. The Labute approximate surface area is 118 Å². The van der Waals surface area contributed by atoms with Crippen LogP contribution in [0.15, 0.2) is 9.08 Å². The van der Waals surface area contributed by atoms with E-state index in [1.54, 1.807) is 4.68 Å². The van der Waals surface area contributed by atoms with Crippen LogP contribution >= 0.6 is 31.9 Å². The maximum absolute atomic E-state index is 12.3. The lowest BCUT2D eigenvalue weighted by atomic mass is 10.3. The summed E-state index contributed by atoms with van der Waals surface area (Å²) in [6.07, 6.45) is 2.23. The van der Waals surface area contributed by atoms with Gasteiger partial charge in [-0.15, -0.1) is 0 Å². The molecule has 0 aliphatic carbocycles. The van der Waals surface area contributed by atoms with Crippen LogP contribution in [0.2, 0.25) is 0 Å². The fourth-order valence-corrected chi connectivity index (χ4v) is 2.87. The van der Waals surface area contributed by atoms with Gasteiger partial charge in [-0.2, -0.15) is 5.10 Å². The van der Waals surface area contributed by atoms with Crippen LogP contribution in [0.1, 0.15) is 31.5 Å². The summed E-state index contributed by atoms with van der Waals surface area (Å²) in [6, 6.07) is -0.240. The molecule has 4 nitrogen and oxygen atoms in total. The predicted molar refractivity (Wildman–Crippen MR) is 72.9 cm³/mol. The summed E-state index contributed by atoms with van der Waals surface area (Å²) < 4.78 is 3.43. The van der Waals surface area contributed by atoms with Crippen LogP contribution in [0.25, 0.3) is 0 Å². The lowest BCUT2D eigenvalue weighted by Crippen LogP contribution is -2.34. The van der Waals surface area contributed by atoms with Gasteiger partial charge < -0.3 is 4.90 Å². The maximum Gasteiger partial charge on any atom is 0.247 e. The number of aromatic nitrogens is 2. The molecule has 0 aromatic carbocycles. The second-order valence-electron chi connectivity index (χ2n) is 4.34. The molecule has 0 radical (unpaired) electrons. The van der Waals surface area contributed by atoms with Crippen LogP contribution in [0.4, 0.5) is 0 Å². The summed E-state index contributed by atoms with van der Waals surface area (Å²) in [4.78, 5) is 14.2. The van der Waals surface area contributed by atoms with Crippen molar-refractivity contribution in [1.29, 1.82) is 0 Å². The fraction of sp³-hybridized carbons (Fsp3) is 0.636. The van der Waals surface area contributed by atoms with E-state index in [0.29, 0.717) is 0 Å². The first-order valence-corrected chi connectivity index (χ1v) is 7.30. The summed E-state index contributed by atoms with van der Waals surface area (Å²) >= 11 is 6.81. The number of likely N-dealkylation sites (tertiary alicyclic amines) is 1. The number of rotatable bonds is 2. The summed E-state index contributed by atoms with van der Waals surface area (Å²) in [5.41, 5.74) is 0.969. The van der Waals surface area contributed by atoms with E-state index < -0.39 is 0 Å². The molecular weight excluding hydrogens is 350 g/mol. The molecule has 1 saturated heterocycles. The standard InChI is InChI=1S/C11H15Br2N3O/c1-7-9(12)10(13)14-16(7)8(2)11(17)15-5-3-4-6-15/h8H,3-6H2,1-2H3. The zero-order valence-electron chi connectivity index (χ0n) is 9.91. The van der Waals surface area contributed by atoms with Gasteiger partial charge in [-0.1, -0.05) is 0 Å². The Morgan fingerprint density at radius 2 is 1.94 bits per heavy atom. The van der Waals surface area contributed by atoms with Gasteiger partial charge in [-0.3, -0.25) is 9.48 Å². The highest BCUT2D eigenvalue weighted by molar-refractivity contribution is 9.13. The van der Waals surface area contributed by atoms with Crippen LogP contribution in [-0.2, 0) is 4.79 Å². The molecule has 2 rings (SSSR count). The van der Waals surface area contributed by atoms with Crippen molar-refractivity contribution < 1.29 is 4.79 Å². The van der Waals surface area contributed by atoms with Crippen molar-refractivity contribution in [3.05, 3.63) is 14.8 Å². The van der Waals surface area contributed by atoms with E-state index in [1.807, 2.05) is 18.7 Å². The zero-order valence-corrected chi connectivity index (χ0v) is 13.1. The van der Waals surface area contributed by atoms with E-state index in [1.165, 1.54) is 0 Å². The highest BCUT2D eigenvalue weighted by atomic mass is 79.9. The SMILES string of the molecule is Cc1c(Br)c(Br)nn1C(C)C(=O)N1CCCC1. The molecule has 1 aliphatic heterocycles. The fourth-order valence-electron chi connectivity index (χ4n) is 2.15. The minimum Gasteiger partial charge on any atom is -0.341 e. The first-order chi connectivity index (χ1) is 8.02. The largest absolute Gasteiger partial charge is 0.341 e. The molecule has 17 heavy (non-hydrogen) atoms. The average Bonchev–Trinajstić information content (AvgIpc) is 2.92. The Hall–Kier alpha value is -0.360. The van der Waals surface area contributed by atoms with Crippen LogP contribution in [-0.4, -0.2) is 33.7 Å². The second kappa shape index (κ2) is 5.10. The van der Waals surface area contributed by atoms with Gasteiger partial charge >= 0.3 is 0 Å². The van der Waals surface area contributed by atoms with Gasteiger partial charge in [0.1, 0.15) is 10.6 Å². The molecule has 6 heteroatoms. The molecule has 1 atom stereocenters. The van der Waals surface area contributed by atoms with Crippen molar-refractivity contribution in [3.8, 4) is 0 Å². The number of amides is 1. The number of carbonyl (C=O) groups excluding carboxylic acids is 1. The van der Waals surface area contributed by atoms with Gasteiger partial charge in [0.25, 0.3) is 0 Å². The van der Waals surface area contributed by atoms with E-state index in [2.05, 4.69) is 37.0 Å². The third kappa shape index (κ3) is 2.42. The molecule has 94 valence electrons. The number of hydrogen-bond donors (Lipinski definition) is 0. The zero-order chi connectivity index (χ0) is 12.6. The Morgan fingerprint density at radius 3 is 2.41 bits per heavy atom. The number of halogens is 2. The Bertz CT molecular complexity index is 438. The first kappa shape index (κ1) is 13.1. The minimum atomic E-state index is -0.240. The van der Waals surface area contributed by atoms with Crippen molar-refractivity contribution in [2.75, 3.05) is 13.1 Å². The predicted octanol–water partition coefficient (Wildman–Crippen LogP) is 2.90. The Morgan fingerprint density at radius 1 is 1.35 bits per heavy atom. The molecule has 2 heterocycles. The molecular formula is C11H15Br2N3O. The lowest BCUT2D eigenvalue weighted by molar-refractivity contribution is -0.133. The highest BCUT2D eigenvalue weighted by Crippen LogP contribution is 2.28. The Balaban J connectivity index is 2.21. The summed E-state index contributed by atoms with van der Waals surface area (Å²) in [7, 11) is 0. The first-order valence-electron chi connectivity index (χ1n) is 5.71. The van der Waals surface area contributed by atoms with Gasteiger partial charge in [0, 0.05) is 13.1 Å². The van der Waals surface area contributed by atoms with E-state index in [4.69, 9.17) is 0 Å². The monoisotopic (exact) mass is 363 g/mol. The average molecular weight is 365 g/mol. The highest BCUT2D eigenvalue weighted by Gasteiger charge is 2.26. The van der Waals surface area contributed by atoms with E-state index in [9.17, 15) is 4.79 Å². The van der Waals surface area contributed by atoms with Crippen LogP contribution < -0.4 is 0 Å². The number of hydrogen-bond acceptors (Lipinski definition) is 2.